The predicted octanol–water partition coefficient (Wildman–Crippen LogP) is 1.85. The molecule has 0 N–H and O–H groups in total. The van der Waals surface area contributed by atoms with E-state index >= 15 is 0 Å². The molecule has 4 heteroatoms. The van der Waals surface area contributed by atoms with Gasteiger partial charge in [0.2, 0.25) is 5.78 Å². The van der Waals surface area contributed by atoms with Gasteiger partial charge in [0.1, 0.15) is 11.5 Å². The van der Waals surface area contributed by atoms with Gasteiger partial charge in [-0.3, -0.25) is 9.78 Å². The van der Waals surface area contributed by atoms with Crippen molar-refractivity contribution in [2.75, 3.05) is 0 Å². The highest BCUT2D eigenvalue weighted by Crippen LogP contribution is 2.07. The number of aromatic nitrogens is 2. The fourth-order valence-electron chi connectivity index (χ4n) is 1.17. The standard InChI is InChI=1S/C11H7FN2O/c12-9-3-1-8(2-4-9)11(15)10-7-13-5-6-14-10/h1-7H. The first kappa shape index (κ1) is 9.45. The molecule has 0 spiro atoms. The van der Waals surface area contributed by atoms with Gasteiger partial charge in [-0.25, -0.2) is 9.37 Å². The Morgan fingerprint density at radius 2 is 1.87 bits per heavy atom. The minimum absolute atomic E-state index is 0.254. The highest BCUT2D eigenvalue weighted by molar-refractivity contribution is 6.07. The molecule has 0 aliphatic heterocycles. The molecule has 0 amide bonds. The zero-order valence-corrected chi connectivity index (χ0v) is 7.72. The van der Waals surface area contributed by atoms with E-state index in [-0.39, 0.29) is 17.3 Å². The number of hydrogen-bond donors (Lipinski definition) is 0. The highest BCUT2D eigenvalue weighted by Gasteiger charge is 2.09. The number of carbonyl (C=O) groups is 1. The van der Waals surface area contributed by atoms with E-state index in [4.69, 9.17) is 0 Å². The lowest BCUT2D eigenvalue weighted by molar-refractivity contribution is 0.103. The third kappa shape index (κ3) is 2.04. The van der Waals surface area contributed by atoms with Crippen molar-refractivity contribution >= 4 is 5.78 Å². The average Bonchev–Trinajstić information content (AvgIpc) is 2.30. The van der Waals surface area contributed by atoms with E-state index in [0.29, 0.717) is 5.56 Å². The molecule has 15 heavy (non-hydrogen) atoms. The Morgan fingerprint density at radius 3 is 2.47 bits per heavy atom. The SMILES string of the molecule is O=C(c1ccc(F)cc1)c1cnccn1. The number of ketones is 1. The molecule has 0 radical (unpaired) electrons. The van der Waals surface area contributed by atoms with E-state index < -0.39 is 0 Å². The van der Waals surface area contributed by atoms with E-state index in [1.165, 1.54) is 42.9 Å². The first-order valence-corrected chi connectivity index (χ1v) is 4.33. The average molecular weight is 202 g/mol. The topological polar surface area (TPSA) is 42.9 Å². The quantitative estimate of drug-likeness (QED) is 0.698. The largest absolute Gasteiger partial charge is 0.287 e. The normalized spacial score (nSPS) is 9.93. The minimum Gasteiger partial charge on any atom is -0.287 e. The molecule has 2 rings (SSSR count). The molecule has 1 aromatic heterocycles. The van der Waals surface area contributed by atoms with Crippen LogP contribution in [0.4, 0.5) is 4.39 Å². The van der Waals surface area contributed by atoms with Gasteiger partial charge in [-0.15, -0.1) is 0 Å². The fourth-order valence-corrected chi connectivity index (χ4v) is 1.17. The van der Waals surface area contributed by atoms with Gasteiger partial charge in [0, 0.05) is 18.0 Å². The zero-order valence-electron chi connectivity index (χ0n) is 7.72. The summed E-state index contributed by atoms with van der Waals surface area (Å²) in [6.45, 7) is 0. The van der Waals surface area contributed by atoms with Crippen molar-refractivity contribution in [1.82, 2.24) is 9.97 Å². The molecule has 0 saturated heterocycles. The van der Waals surface area contributed by atoms with Gasteiger partial charge in [-0.05, 0) is 24.3 Å². The second kappa shape index (κ2) is 3.96. The Labute approximate surface area is 85.6 Å². The lowest BCUT2D eigenvalue weighted by Gasteiger charge is -1.98. The summed E-state index contributed by atoms with van der Waals surface area (Å²) < 4.78 is 12.6. The van der Waals surface area contributed by atoms with E-state index in [1.54, 1.807) is 0 Å². The minimum atomic E-state index is -0.370. The van der Waals surface area contributed by atoms with Crippen LogP contribution in [0.2, 0.25) is 0 Å². The summed E-state index contributed by atoms with van der Waals surface area (Å²) in [5, 5.41) is 0. The molecule has 1 aromatic carbocycles. The summed E-state index contributed by atoms with van der Waals surface area (Å²) in [5.74, 6) is -0.631. The highest BCUT2D eigenvalue weighted by atomic mass is 19.1. The number of carbonyl (C=O) groups excluding carboxylic acids is 1. The monoisotopic (exact) mass is 202 g/mol. The van der Waals surface area contributed by atoms with Gasteiger partial charge < -0.3 is 0 Å². The van der Waals surface area contributed by atoms with E-state index in [9.17, 15) is 9.18 Å². The molecule has 0 aliphatic rings. The third-order valence-corrected chi connectivity index (χ3v) is 1.90. The van der Waals surface area contributed by atoms with Crippen molar-refractivity contribution in [3.8, 4) is 0 Å². The predicted molar refractivity (Wildman–Crippen MR) is 51.9 cm³/mol. The van der Waals surface area contributed by atoms with Crippen LogP contribution < -0.4 is 0 Å². The lowest BCUT2D eigenvalue weighted by Crippen LogP contribution is -2.04. The Balaban J connectivity index is 2.33. The van der Waals surface area contributed by atoms with Crippen LogP contribution in [0.15, 0.2) is 42.9 Å². The molecular weight excluding hydrogens is 195 g/mol. The first-order valence-electron chi connectivity index (χ1n) is 4.33. The van der Waals surface area contributed by atoms with Crippen molar-refractivity contribution < 1.29 is 9.18 Å². The van der Waals surface area contributed by atoms with Crippen LogP contribution in [0, 0.1) is 5.82 Å². The molecule has 0 aliphatic carbocycles. The molecular formula is C11H7FN2O. The maximum atomic E-state index is 12.6. The van der Waals surface area contributed by atoms with Gasteiger partial charge in [-0.2, -0.15) is 0 Å². The van der Waals surface area contributed by atoms with Crippen LogP contribution in [0.3, 0.4) is 0 Å². The second-order valence-electron chi connectivity index (χ2n) is 2.93. The number of rotatable bonds is 2. The van der Waals surface area contributed by atoms with Gasteiger partial charge in [0.05, 0.1) is 6.20 Å². The van der Waals surface area contributed by atoms with Crippen LogP contribution in [-0.2, 0) is 0 Å². The zero-order chi connectivity index (χ0) is 10.7. The van der Waals surface area contributed by atoms with Crippen molar-refractivity contribution in [3.05, 3.63) is 59.9 Å². The Morgan fingerprint density at radius 1 is 1.13 bits per heavy atom. The van der Waals surface area contributed by atoms with Crippen molar-refractivity contribution in [2.24, 2.45) is 0 Å². The fraction of sp³-hybridized carbons (Fsp3) is 0. The van der Waals surface area contributed by atoms with Crippen molar-refractivity contribution in [3.63, 3.8) is 0 Å². The molecule has 0 unspecified atom stereocenters. The van der Waals surface area contributed by atoms with Crippen LogP contribution >= 0.6 is 0 Å². The van der Waals surface area contributed by atoms with Crippen LogP contribution in [0.25, 0.3) is 0 Å². The smallest absolute Gasteiger partial charge is 0.212 e. The van der Waals surface area contributed by atoms with Crippen LogP contribution in [-0.4, -0.2) is 15.8 Å². The second-order valence-corrected chi connectivity index (χ2v) is 2.93. The van der Waals surface area contributed by atoms with E-state index in [1.807, 2.05) is 0 Å². The summed E-state index contributed by atoms with van der Waals surface area (Å²) in [4.78, 5) is 19.4. The summed E-state index contributed by atoms with van der Waals surface area (Å²) in [5.41, 5.74) is 0.654. The number of halogens is 1. The summed E-state index contributed by atoms with van der Waals surface area (Å²) >= 11 is 0. The van der Waals surface area contributed by atoms with Gasteiger partial charge in [-0.1, -0.05) is 0 Å². The van der Waals surface area contributed by atoms with E-state index in [0.717, 1.165) is 0 Å². The summed E-state index contributed by atoms with van der Waals surface area (Å²) in [6.07, 6.45) is 4.31. The molecule has 3 nitrogen and oxygen atoms in total. The number of nitrogens with zero attached hydrogens (tertiary/aromatic N) is 2. The van der Waals surface area contributed by atoms with Crippen molar-refractivity contribution in [2.45, 2.75) is 0 Å². The first-order chi connectivity index (χ1) is 7.27. The molecule has 0 atom stereocenters. The molecule has 74 valence electrons. The Hall–Kier alpha value is -2.10. The molecule has 2 aromatic rings. The maximum Gasteiger partial charge on any atom is 0.212 e. The Kier molecular flexibility index (Phi) is 2.49. The van der Waals surface area contributed by atoms with Crippen molar-refractivity contribution in [1.29, 1.82) is 0 Å². The Bertz CT molecular complexity index is 468. The van der Waals surface area contributed by atoms with Crippen LogP contribution in [0.1, 0.15) is 16.1 Å². The molecule has 1 heterocycles. The van der Waals surface area contributed by atoms with Gasteiger partial charge >= 0.3 is 0 Å². The van der Waals surface area contributed by atoms with Gasteiger partial charge in [0.15, 0.2) is 0 Å². The summed E-state index contributed by atoms with van der Waals surface area (Å²) in [7, 11) is 0. The maximum absolute atomic E-state index is 12.6. The lowest BCUT2D eigenvalue weighted by atomic mass is 10.1. The van der Waals surface area contributed by atoms with E-state index in [2.05, 4.69) is 9.97 Å². The third-order valence-electron chi connectivity index (χ3n) is 1.90. The van der Waals surface area contributed by atoms with Gasteiger partial charge in [0.25, 0.3) is 0 Å². The summed E-state index contributed by atoms with van der Waals surface area (Å²) in [6, 6.07) is 5.33. The number of hydrogen-bond acceptors (Lipinski definition) is 3. The molecule has 0 bridgehead atoms. The molecule has 0 saturated carbocycles. The van der Waals surface area contributed by atoms with Crippen LogP contribution in [0.5, 0.6) is 0 Å². The number of benzene rings is 1. The molecule has 0 fully saturated rings.